The molecule has 0 aliphatic rings. The van der Waals surface area contributed by atoms with E-state index in [9.17, 15) is 14.0 Å². The van der Waals surface area contributed by atoms with Gasteiger partial charge in [0.1, 0.15) is 0 Å². The van der Waals surface area contributed by atoms with Crippen molar-refractivity contribution in [2.75, 3.05) is 19.9 Å². The Hall–Kier alpha value is -3.72. The van der Waals surface area contributed by atoms with Crippen LogP contribution < -0.4 is 10.3 Å². The number of ether oxygens (including phenoxy) is 1. The number of thioether (sulfide) groups is 1. The number of hydrogen-bond acceptors (Lipinski definition) is 6. The maximum absolute atomic E-state index is 14.0. The van der Waals surface area contributed by atoms with Gasteiger partial charge in [0.25, 0.3) is 5.56 Å². The van der Waals surface area contributed by atoms with Crippen LogP contribution in [0.5, 0.6) is 5.75 Å². The van der Waals surface area contributed by atoms with Gasteiger partial charge in [0, 0.05) is 26.0 Å². The summed E-state index contributed by atoms with van der Waals surface area (Å²) in [7, 11) is 3.06. The maximum atomic E-state index is 14.0. The second-order valence-electron chi connectivity index (χ2n) is 7.67. The van der Waals surface area contributed by atoms with Crippen LogP contribution in [0, 0.1) is 5.82 Å². The lowest BCUT2D eigenvalue weighted by Gasteiger charge is -2.18. The summed E-state index contributed by atoms with van der Waals surface area (Å²) in [6.45, 7) is 0.538. The van der Waals surface area contributed by atoms with Gasteiger partial charge in [0.15, 0.2) is 16.7 Å². The highest BCUT2D eigenvalue weighted by atomic mass is 32.2. The predicted octanol–water partition coefficient (Wildman–Crippen LogP) is 3.74. The third kappa shape index (κ3) is 5.26. The Morgan fingerprint density at radius 3 is 2.71 bits per heavy atom. The van der Waals surface area contributed by atoms with Gasteiger partial charge in [-0.3, -0.25) is 19.1 Å². The van der Waals surface area contributed by atoms with Gasteiger partial charge < -0.3 is 9.64 Å². The van der Waals surface area contributed by atoms with Gasteiger partial charge >= 0.3 is 0 Å². The molecule has 0 atom stereocenters. The summed E-state index contributed by atoms with van der Waals surface area (Å²) in [6.07, 6.45) is 3.37. The van der Waals surface area contributed by atoms with E-state index in [1.54, 1.807) is 48.3 Å². The average Bonchev–Trinajstić information content (AvgIpc) is 2.85. The lowest BCUT2D eigenvalue weighted by atomic mass is 10.2. The van der Waals surface area contributed by atoms with Gasteiger partial charge in [-0.1, -0.05) is 36.0 Å². The highest BCUT2D eigenvalue weighted by Gasteiger charge is 2.16. The summed E-state index contributed by atoms with van der Waals surface area (Å²) in [6, 6.07) is 15.4. The number of carbonyl (C=O) groups excluding carboxylic acids is 1. The van der Waals surface area contributed by atoms with Crippen molar-refractivity contribution in [3.63, 3.8) is 0 Å². The van der Waals surface area contributed by atoms with Crippen LogP contribution in [0.1, 0.15) is 11.1 Å². The molecule has 7 nitrogen and oxygen atoms in total. The number of fused-ring (bicyclic) bond motifs is 1. The summed E-state index contributed by atoms with van der Waals surface area (Å²) in [4.78, 5) is 36.3. The fraction of sp³-hybridized carbons (Fsp3) is 0.200. The van der Waals surface area contributed by atoms with Crippen LogP contribution in [0.4, 0.5) is 4.39 Å². The number of carbonyl (C=O) groups is 1. The first-order valence-corrected chi connectivity index (χ1v) is 11.5. The molecule has 0 unspecified atom stereocenters. The second-order valence-corrected chi connectivity index (χ2v) is 8.61. The quantitative estimate of drug-likeness (QED) is 0.284. The topological polar surface area (TPSA) is 77.3 Å². The van der Waals surface area contributed by atoms with Gasteiger partial charge in [0.2, 0.25) is 5.91 Å². The molecule has 2 heterocycles. The van der Waals surface area contributed by atoms with Crippen molar-refractivity contribution >= 4 is 28.6 Å². The Labute approximate surface area is 200 Å². The van der Waals surface area contributed by atoms with Crippen molar-refractivity contribution in [3.05, 3.63) is 94.3 Å². The summed E-state index contributed by atoms with van der Waals surface area (Å²) >= 11 is 1.20. The lowest BCUT2D eigenvalue weighted by molar-refractivity contribution is -0.127. The van der Waals surface area contributed by atoms with E-state index in [1.807, 2.05) is 18.2 Å². The highest BCUT2D eigenvalue weighted by molar-refractivity contribution is 7.99. The Morgan fingerprint density at radius 2 is 1.97 bits per heavy atom. The molecule has 2 aromatic carbocycles. The normalized spacial score (nSPS) is 10.9. The summed E-state index contributed by atoms with van der Waals surface area (Å²) in [5.41, 5.74) is 1.91. The van der Waals surface area contributed by atoms with E-state index in [-0.39, 0.29) is 29.5 Å². The molecule has 9 heteroatoms. The number of benzene rings is 2. The van der Waals surface area contributed by atoms with Crippen molar-refractivity contribution < 1.29 is 13.9 Å². The van der Waals surface area contributed by atoms with E-state index in [0.717, 1.165) is 5.56 Å². The molecule has 0 saturated carbocycles. The monoisotopic (exact) mass is 478 g/mol. The zero-order chi connectivity index (χ0) is 24.1. The SMILES string of the molecule is COc1ccc(CN(C)C(=O)CSc2nc3ccccc3c(=O)n2Cc2cccnc2)cc1F. The number of hydrogen-bond donors (Lipinski definition) is 0. The third-order valence-corrected chi connectivity index (χ3v) is 6.24. The van der Waals surface area contributed by atoms with E-state index in [2.05, 4.69) is 9.97 Å². The van der Waals surface area contributed by atoms with Gasteiger partial charge in [-0.25, -0.2) is 9.37 Å². The summed E-state index contributed by atoms with van der Waals surface area (Å²) in [5.74, 6) is -0.415. The van der Waals surface area contributed by atoms with Crippen LogP contribution in [-0.4, -0.2) is 45.3 Å². The van der Waals surface area contributed by atoms with E-state index >= 15 is 0 Å². The minimum Gasteiger partial charge on any atom is -0.494 e. The van der Waals surface area contributed by atoms with E-state index in [1.165, 1.54) is 35.9 Å². The average molecular weight is 479 g/mol. The molecule has 0 fully saturated rings. The van der Waals surface area contributed by atoms with Crippen molar-refractivity contribution in [1.29, 1.82) is 0 Å². The van der Waals surface area contributed by atoms with Crippen LogP contribution >= 0.6 is 11.8 Å². The molecule has 0 saturated heterocycles. The molecule has 34 heavy (non-hydrogen) atoms. The number of halogens is 1. The maximum Gasteiger partial charge on any atom is 0.262 e. The fourth-order valence-corrected chi connectivity index (χ4v) is 4.42. The minimum absolute atomic E-state index is 0.0763. The van der Waals surface area contributed by atoms with Crippen molar-refractivity contribution in [2.45, 2.75) is 18.2 Å². The number of methoxy groups -OCH3 is 1. The molecule has 4 aromatic rings. The smallest absolute Gasteiger partial charge is 0.262 e. The molecule has 0 bridgehead atoms. The fourth-order valence-electron chi connectivity index (χ4n) is 3.48. The lowest BCUT2D eigenvalue weighted by Crippen LogP contribution is -2.29. The Balaban J connectivity index is 1.53. The molecule has 4 rings (SSSR count). The Bertz CT molecular complexity index is 1380. The van der Waals surface area contributed by atoms with E-state index in [0.29, 0.717) is 28.2 Å². The second kappa shape index (κ2) is 10.5. The van der Waals surface area contributed by atoms with Gasteiger partial charge in [-0.05, 0) is 41.5 Å². The van der Waals surface area contributed by atoms with Gasteiger partial charge in [-0.15, -0.1) is 0 Å². The first kappa shape index (κ1) is 23.4. The Kier molecular flexibility index (Phi) is 7.22. The number of amides is 1. The van der Waals surface area contributed by atoms with Crippen molar-refractivity contribution in [1.82, 2.24) is 19.4 Å². The molecule has 0 aliphatic carbocycles. The Morgan fingerprint density at radius 1 is 1.15 bits per heavy atom. The van der Waals surface area contributed by atoms with Crippen LogP contribution in [0.2, 0.25) is 0 Å². The van der Waals surface area contributed by atoms with E-state index < -0.39 is 5.82 Å². The third-order valence-electron chi connectivity index (χ3n) is 5.28. The van der Waals surface area contributed by atoms with Crippen LogP contribution in [0.3, 0.4) is 0 Å². The van der Waals surface area contributed by atoms with Crippen LogP contribution in [0.25, 0.3) is 10.9 Å². The van der Waals surface area contributed by atoms with Crippen molar-refractivity contribution in [3.8, 4) is 5.75 Å². The predicted molar refractivity (Wildman–Crippen MR) is 129 cm³/mol. The number of nitrogens with zero attached hydrogens (tertiary/aromatic N) is 4. The standard InChI is InChI=1S/C25H23FN4O3S/c1-29(14-17-9-10-22(33-2)20(26)12-17)23(31)16-34-25-28-21-8-4-3-7-19(21)24(32)30(25)15-18-6-5-11-27-13-18/h3-13H,14-16H2,1-2H3. The number of pyridine rings is 1. The molecule has 2 aromatic heterocycles. The first-order chi connectivity index (χ1) is 16.5. The van der Waals surface area contributed by atoms with Crippen LogP contribution in [0.15, 0.2) is 76.9 Å². The molecule has 0 spiro atoms. The molecule has 1 amide bonds. The number of rotatable bonds is 8. The molecule has 0 N–H and O–H groups in total. The summed E-state index contributed by atoms with van der Waals surface area (Å²) in [5, 5.41) is 0.963. The molecule has 0 aliphatic heterocycles. The van der Waals surface area contributed by atoms with Gasteiger partial charge in [0.05, 0.1) is 30.3 Å². The highest BCUT2D eigenvalue weighted by Crippen LogP contribution is 2.21. The zero-order valence-electron chi connectivity index (χ0n) is 18.8. The van der Waals surface area contributed by atoms with E-state index in [4.69, 9.17) is 4.74 Å². The van der Waals surface area contributed by atoms with Gasteiger partial charge in [-0.2, -0.15) is 0 Å². The molecule has 0 radical (unpaired) electrons. The van der Waals surface area contributed by atoms with Crippen molar-refractivity contribution in [2.24, 2.45) is 0 Å². The molecule has 174 valence electrons. The minimum atomic E-state index is -0.477. The van der Waals surface area contributed by atoms with Crippen LogP contribution in [-0.2, 0) is 17.9 Å². The zero-order valence-corrected chi connectivity index (χ0v) is 19.6. The molecular formula is C25H23FN4O3S. The number of aromatic nitrogens is 3. The summed E-state index contributed by atoms with van der Waals surface area (Å²) < 4.78 is 20.5. The molecular weight excluding hydrogens is 455 g/mol. The number of para-hydroxylation sites is 1. The first-order valence-electron chi connectivity index (χ1n) is 10.5. The largest absolute Gasteiger partial charge is 0.494 e.